The number of carbonyl (C=O) groups is 2. The van der Waals surface area contributed by atoms with E-state index in [0.29, 0.717) is 42.3 Å². The number of alkyl halides is 2. The minimum atomic E-state index is -2.42. The van der Waals surface area contributed by atoms with Gasteiger partial charge in [-0.15, -0.1) is 11.3 Å². The van der Waals surface area contributed by atoms with E-state index < -0.39 is 6.43 Å². The molecule has 2 fully saturated rings. The first kappa shape index (κ1) is 21.0. The number of benzene rings is 1. The third kappa shape index (κ3) is 4.12. The van der Waals surface area contributed by atoms with Gasteiger partial charge in [-0.25, -0.2) is 13.8 Å². The summed E-state index contributed by atoms with van der Waals surface area (Å²) in [5.41, 5.74) is 1.26. The number of thiazole rings is 1. The molecule has 0 spiro atoms. The summed E-state index contributed by atoms with van der Waals surface area (Å²) in [4.78, 5) is 32.9. The van der Waals surface area contributed by atoms with Crippen molar-refractivity contribution < 1.29 is 18.4 Å². The van der Waals surface area contributed by atoms with Crippen LogP contribution in [0.25, 0.3) is 10.9 Å². The number of nitrogens with one attached hydrogen (secondary N) is 1. The Labute approximate surface area is 187 Å². The number of amides is 2. The molecule has 2 aliphatic heterocycles. The molecule has 1 unspecified atom stereocenters. The SMILES string of the molecule is O=C(c1ccc2c(ccn2CC(F)F)c1)N1CC(NC2CCN(C(=O)c3nccs3)C2)C1. The van der Waals surface area contributed by atoms with E-state index in [1.807, 2.05) is 4.90 Å². The van der Waals surface area contributed by atoms with Crippen molar-refractivity contribution >= 4 is 34.1 Å². The van der Waals surface area contributed by atoms with Crippen LogP contribution in [-0.4, -0.2) is 75.9 Å². The molecule has 7 nitrogen and oxygen atoms in total. The lowest BCUT2D eigenvalue weighted by Gasteiger charge is -2.41. The highest BCUT2D eigenvalue weighted by atomic mass is 32.1. The van der Waals surface area contributed by atoms with Crippen LogP contribution in [0.4, 0.5) is 8.78 Å². The number of carbonyl (C=O) groups excluding carboxylic acids is 2. The summed E-state index contributed by atoms with van der Waals surface area (Å²) in [5.74, 6) is -0.0777. The topological polar surface area (TPSA) is 70.5 Å². The quantitative estimate of drug-likeness (QED) is 0.616. The number of hydrogen-bond donors (Lipinski definition) is 1. The highest BCUT2D eigenvalue weighted by Gasteiger charge is 2.35. The molecule has 2 amide bonds. The lowest BCUT2D eigenvalue weighted by molar-refractivity contribution is 0.0553. The molecule has 168 valence electrons. The van der Waals surface area contributed by atoms with Gasteiger partial charge in [-0.1, -0.05) is 0 Å². The van der Waals surface area contributed by atoms with E-state index in [2.05, 4.69) is 10.3 Å². The van der Waals surface area contributed by atoms with Gasteiger partial charge >= 0.3 is 0 Å². The van der Waals surface area contributed by atoms with E-state index in [4.69, 9.17) is 0 Å². The molecule has 2 aliphatic rings. The number of rotatable bonds is 6. The van der Waals surface area contributed by atoms with Gasteiger partial charge in [-0.05, 0) is 30.7 Å². The zero-order valence-corrected chi connectivity index (χ0v) is 18.1. The molecular formula is C22H23F2N5O2S. The summed E-state index contributed by atoms with van der Waals surface area (Å²) >= 11 is 1.35. The van der Waals surface area contributed by atoms with Crippen LogP contribution in [0.3, 0.4) is 0 Å². The van der Waals surface area contributed by atoms with Gasteiger partial charge in [-0.2, -0.15) is 0 Å². The fourth-order valence-electron chi connectivity index (χ4n) is 4.45. The van der Waals surface area contributed by atoms with Crippen LogP contribution in [0.15, 0.2) is 42.0 Å². The maximum atomic E-state index is 12.8. The predicted molar refractivity (Wildman–Crippen MR) is 117 cm³/mol. The van der Waals surface area contributed by atoms with Gasteiger partial charge in [0, 0.05) is 72.5 Å². The van der Waals surface area contributed by atoms with E-state index in [-0.39, 0.29) is 30.4 Å². The number of aromatic nitrogens is 2. The molecule has 2 saturated heterocycles. The number of hydrogen-bond acceptors (Lipinski definition) is 5. The van der Waals surface area contributed by atoms with Crippen LogP contribution < -0.4 is 5.32 Å². The van der Waals surface area contributed by atoms with E-state index in [9.17, 15) is 18.4 Å². The molecule has 0 saturated carbocycles. The molecule has 32 heavy (non-hydrogen) atoms. The van der Waals surface area contributed by atoms with Crippen LogP contribution in [0.2, 0.25) is 0 Å². The summed E-state index contributed by atoms with van der Waals surface area (Å²) in [5, 5.41) is 6.66. The van der Waals surface area contributed by atoms with Crippen molar-refractivity contribution in [2.75, 3.05) is 26.2 Å². The van der Waals surface area contributed by atoms with Crippen molar-refractivity contribution in [1.82, 2.24) is 24.7 Å². The van der Waals surface area contributed by atoms with Crippen LogP contribution in [0, 0.1) is 0 Å². The van der Waals surface area contributed by atoms with Crippen LogP contribution in [0.5, 0.6) is 0 Å². The number of nitrogens with zero attached hydrogens (tertiary/aromatic N) is 4. The highest BCUT2D eigenvalue weighted by Crippen LogP contribution is 2.22. The molecule has 1 atom stereocenters. The normalized spacial score (nSPS) is 19.2. The van der Waals surface area contributed by atoms with Gasteiger partial charge < -0.3 is 19.7 Å². The maximum absolute atomic E-state index is 12.8. The Morgan fingerprint density at radius 3 is 2.69 bits per heavy atom. The highest BCUT2D eigenvalue weighted by molar-refractivity contribution is 7.11. The first-order chi connectivity index (χ1) is 15.5. The molecular weight excluding hydrogens is 436 g/mol. The number of fused-ring (bicyclic) bond motifs is 1. The predicted octanol–water partition coefficient (Wildman–Crippen LogP) is 2.69. The second kappa shape index (κ2) is 8.59. The van der Waals surface area contributed by atoms with Gasteiger partial charge in [0.05, 0.1) is 6.54 Å². The third-order valence-electron chi connectivity index (χ3n) is 6.08. The average molecular weight is 460 g/mol. The molecule has 0 aliphatic carbocycles. The van der Waals surface area contributed by atoms with Gasteiger partial charge in [-0.3, -0.25) is 9.59 Å². The van der Waals surface area contributed by atoms with E-state index in [1.165, 1.54) is 15.9 Å². The molecule has 1 aromatic carbocycles. The van der Waals surface area contributed by atoms with Gasteiger partial charge in [0.1, 0.15) is 0 Å². The second-order valence-electron chi connectivity index (χ2n) is 8.28. The Bertz CT molecular complexity index is 1130. The van der Waals surface area contributed by atoms with E-state index in [0.717, 1.165) is 11.8 Å². The average Bonchev–Trinajstić information content (AvgIpc) is 3.50. The first-order valence-electron chi connectivity index (χ1n) is 10.6. The molecule has 3 aromatic rings. The molecule has 1 N–H and O–H groups in total. The minimum Gasteiger partial charge on any atom is -0.342 e. The first-order valence-corrected chi connectivity index (χ1v) is 11.5. The largest absolute Gasteiger partial charge is 0.342 e. The minimum absolute atomic E-state index is 0.0208. The Morgan fingerprint density at radius 2 is 1.94 bits per heavy atom. The molecule has 2 aromatic heterocycles. The summed E-state index contributed by atoms with van der Waals surface area (Å²) < 4.78 is 26.9. The molecule has 0 bridgehead atoms. The summed E-state index contributed by atoms with van der Waals surface area (Å²) in [6.45, 7) is 2.22. The van der Waals surface area contributed by atoms with Crippen LogP contribution >= 0.6 is 11.3 Å². The third-order valence-corrected chi connectivity index (χ3v) is 6.84. The molecule has 0 radical (unpaired) electrons. The Balaban J connectivity index is 1.13. The fourth-order valence-corrected chi connectivity index (χ4v) is 5.05. The van der Waals surface area contributed by atoms with Gasteiger partial charge in [0.15, 0.2) is 5.01 Å². The fraction of sp³-hybridized carbons (Fsp3) is 0.409. The number of likely N-dealkylation sites (tertiary alicyclic amines) is 2. The molecule has 4 heterocycles. The molecule has 5 rings (SSSR count). The summed E-state index contributed by atoms with van der Waals surface area (Å²) in [6, 6.07) is 7.37. The molecule has 10 heteroatoms. The lowest BCUT2D eigenvalue weighted by Crippen LogP contribution is -2.62. The van der Waals surface area contributed by atoms with E-state index in [1.54, 1.807) is 46.9 Å². The van der Waals surface area contributed by atoms with Crippen LogP contribution in [-0.2, 0) is 6.54 Å². The van der Waals surface area contributed by atoms with Crippen molar-refractivity contribution in [3.8, 4) is 0 Å². The smallest absolute Gasteiger partial charge is 0.282 e. The van der Waals surface area contributed by atoms with Gasteiger partial charge in [0.2, 0.25) is 0 Å². The van der Waals surface area contributed by atoms with Crippen molar-refractivity contribution in [1.29, 1.82) is 0 Å². The zero-order chi connectivity index (χ0) is 22.2. The van der Waals surface area contributed by atoms with Crippen molar-refractivity contribution in [3.05, 3.63) is 52.6 Å². The Kier molecular flexibility index (Phi) is 5.64. The Morgan fingerprint density at radius 1 is 1.12 bits per heavy atom. The summed E-state index contributed by atoms with van der Waals surface area (Å²) in [7, 11) is 0. The van der Waals surface area contributed by atoms with Crippen molar-refractivity contribution in [2.24, 2.45) is 0 Å². The number of halogens is 2. The zero-order valence-electron chi connectivity index (χ0n) is 17.3. The second-order valence-corrected chi connectivity index (χ2v) is 9.18. The monoisotopic (exact) mass is 459 g/mol. The van der Waals surface area contributed by atoms with Crippen molar-refractivity contribution in [3.63, 3.8) is 0 Å². The van der Waals surface area contributed by atoms with Crippen LogP contribution in [0.1, 0.15) is 26.6 Å². The lowest BCUT2D eigenvalue weighted by atomic mass is 10.0. The standard InChI is InChI=1S/C22H23F2N5O2S/c23-19(24)13-27-6-3-14-9-15(1-2-18(14)27)21(30)29-11-17(12-29)26-16-4-7-28(10-16)22(31)20-25-5-8-32-20/h1-3,5-6,8-9,16-17,19,26H,4,7,10-13H2. The van der Waals surface area contributed by atoms with Gasteiger partial charge in [0.25, 0.3) is 18.2 Å². The summed E-state index contributed by atoms with van der Waals surface area (Å²) in [6.07, 6.45) is 1.72. The Hall–Kier alpha value is -2.85. The van der Waals surface area contributed by atoms with E-state index >= 15 is 0 Å². The van der Waals surface area contributed by atoms with Crippen molar-refractivity contribution in [2.45, 2.75) is 31.5 Å². The maximum Gasteiger partial charge on any atom is 0.282 e.